The summed E-state index contributed by atoms with van der Waals surface area (Å²) in [5.41, 5.74) is 0. The molecule has 0 saturated heterocycles. The van der Waals surface area contributed by atoms with Crippen molar-refractivity contribution < 1.29 is 37.9 Å². The van der Waals surface area contributed by atoms with E-state index in [4.69, 9.17) is 37.9 Å². The molecule has 0 N–H and O–H groups in total. The second-order valence-corrected chi connectivity index (χ2v) is 8.39. The zero-order valence-electron chi connectivity index (χ0n) is 20.4. The highest BCUT2D eigenvalue weighted by atomic mass is 127. The Kier molecular flexibility index (Phi) is 29.8. The van der Waals surface area contributed by atoms with Gasteiger partial charge < -0.3 is 37.9 Å². The van der Waals surface area contributed by atoms with Gasteiger partial charge in [0, 0.05) is 6.61 Å². The lowest BCUT2D eigenvalue weighted by atomic mass is 10.2. The Balaban J connectivity index is 3.00. The smallest absolute Gasteiger partial charge is 0.0703 e. The van der Waals surface area contributed by atoms with Gasteiger partial charge in [-0.05, 0) is 31.1 Å². The summed E-state index contributed by atoms with van der Waals surface area (Å²) in [6.45, 7) is 12.9. The molecule has 0 aromatic heterocycles. The molecule has 0 amide bonds. The average molecular weight is 579 g/mol. The maximum absolute atomic E-state index is 5.54. The molecule has 32 heavy (non-hydrogen) atoms. The molecule has 0 unspecified atom stereocenters. The third kappa shape index (κ3) is 30.4. The quantitative estimate of drug-likeness (QED) is 0.0794. The molecule has 9 heteroatoms. The highest BCUT2D eigenvalue weighted by Crippen LogP contribution is 2.02. The fourth-order valence-electron chi connectivity index (χ4n) is 2.42. The Labute approximate surface area is 209 Å². The predicted molar refractivity (Wildman–Crippen MR) is 134 cm³/mol. The van der Waals surface area contributed by atoms with E-state index in [0.29, 0.717) is 92.5 Å². The van der Waals surface area contributed by atoms with Crippen molar-refractivity contribution in [1.29, 1.82) is 0 Å². The van der Waals surface area contributed by atoms with Crippen LogP contribution in [0.2, 0.25) is 0 Å². The van der Waals surface area contributed by atoms with Gasteiger partial charge in [-0.15, -0.1) is 0 Å². The van der Waals surface area contributed by atoms with Crippen molar-refractivity contribution in [1.82, 2.24) is 0 Å². The van der Waals surface area contributed by atoms with Crippen LogP contribution in [0.25, 0.3) is 0 Å². The zero-order chi connectivity index (χ0) is 23.4. The molecule has 8 nitrogen and oxygen atoms in total. The Hall–Kier alpha value is 0.410. The van der Waals surface area contributed by atoms with E-state index in [-0.39, 0.29) is 6.10 Å². The molecule has 194 valence electrons. The summed E-state index contributed by atoms with van der Waals surface area (Å²) in [6.07, 6.45) is 5.26. The van der Waals surface area contributed by atoms with Gasteiger partial charge in [0.05, 0.1) is 98.6 Å². The van der Waals surface area contributed by atoms with Gasteiger partial charge in [-0.1, -0.05) is 35.4 Å². The van der Waals surface area contributed by atoms with E-state index >= 15 is 0 Å². The molecule has 0 radical (unpaired) electrons. The van der Waals surface area contributed by atoms with E-state index in [0.717, 1.165) is 13.0 Å². The summed E-state index contributed by atoms with van der Waals surface area (Å²) in [7, 11) is 0. The van der Waals surface area contributed by atoms with E-state index in [2.05, 4.69) is 22.6 Å². The van der Waals surface area contributed by atoms with Crippen LogP contribution >= 0.6 is 22.6 Å². The lowest BCUT2D eigenvalue weighted by molar-refractivity contribution is -0.0256. The fraction of sp³-hybridized carbons (Fsp3) is 1.00. The van der Waals surface area contributed by atoms with Crippen molar-refractivity contribution in [3.63, 3.8) is 0 Å². The third-order valence-electron chi connectivity index (χ3n) is 4.08. The Morgan fingerprint density at radius 3 is 1.06 bits per heavy atom. The van der Waals surface area contributed by atoms with Crippen LogP contribution < -0.4 is 0 Å². The summed E-state index contributed by atoms with van der Waals surface area (Å²) >= 11 is 2.42. The van der Waals surface area contributed by atoms with Crippen molar-refractivity contribution in [3.8, 4) is 0 Å². The molecule has 0 atom stereocenters. The van der Waals surface area contributed by atoms with Gasteiger partial charge >= 0.3 is 0 Å². The predicted octanol–water partition coefficient (Wildman–Crippen LogP) is 3.52. The van der Waals surface area contributed by atoms with Crippen molar-refractivity contribution in [2.75, 3.05) is 104 Å². The van der Waals surface area contributed by atoms with Crippen LogP contribution in [0.4, 0.5) is 0 Å². The molecule has 0 aliphatic carbocycles. The lowest BCUT2D eigenvalue weighted by Crippen LogP contribution is -2.15. The third-order valence-corrected chi connectivity index (χ3v) is 4.85. The Bertz CT molecular complexity index is 337. The van der Waals surface area contributed by atoms with Crippen molar-refractivity contribution in [2.45, 2.75) is 45.6 Å². The summed E-state index contributed by atoms with van der Waals surface area (Å²) in [6, 6.07) is 0. The van der Waals surface area contributed by atoms with Crippen LogP contribution in [0.15, 0.2) is 0 Å². The van der Waals surface area contributed by atoms with Gasteiger partial charge in [-0.25, -0.2) is 0 Å². The van der Waals surface area contributed by atoms with E-state index in [1.54, 1.807) is 0 Å². The topological polar surface area (TPSA) is 73.8 Å². The maximum atomic E-state index is 5.54. The van der Waals surface area contributed by atoms with Crippen molar-refractivity contribution in [3.05, 3.63) is 0 Å². The first-order valence-corrected chi connectivity index (χ1v) is 13.5. The highest BCUT2D eigenvalue weighted by Gasteiger charge is 1.96. The molecular formula is C23H47IO8. The van der Waals surface area contributed by atoms with E-state index in [1.807, 2.05) is 13.8 Å². The van der Waals surface area contributed by atoms with E-state index in [9.17, 15) is 0 Å². The Morgan fingerprint density at radius 2 is 0.719 bits per heavy atom. The molecule has 0 heterocycles. The van der Waals surface area contributed by atoms with E-state index < -0.39 is 0 Å². The van der Waals surface area contributed by atoms with E-state index in [1.165, 1.54) is 23.7 Å². The van der Waals surface area contributed by atoms with Crippen LogP contribution in [0.3, 0.4) is 0 Å². The number of ether oxygens (including phenoxy) is 8. The van der Waals surface area contributed by atoms with Gasteiger partial charge in [0.25, 0.3) is 0 Å². The summed E-state index contributed by atoms with van der Waals surface area (Å²) in [5.74, 6) is 0. The van der Waals surface area contributed by atoms with Crippen LogP contribution in [0, 0.1) is 0 Å². The monoisotopic (exact) mass is 578 g/mol. The molecule has 0 aliphatic rings. The number of hydrogen-bond acceptors (Lipinski definition) is 8. The number of halogens is 1. The van der Waals surface area contributed by atoms with Crippen LogP contribution in [0.5, 0.6) is 0 Å². The summed E-state index contributed by atoms with van der Waals surface area (Å²) < 4.78 is 44.8. The second kappa shape index (κ2) is 29.4. The average Bonchev–Trinajstić information content (AvgIpc) is 2.78. The number of alkyl halides is 1. The molecule has 0 aromatic rings. The van der Waals surface area contributed by atoms with Gasteiger partial charge in [-0.3, -0.25) is 0 Å². The minimum Gasteiger partial charge on any atom is -0.379 e. The number of unbranched alkanes of at least 4 members (excludes halogenated alkanes) is 3. The minimum atomic E-state index is 0.244. The van der Waals surface area contributed by atoms with Gasteiger partial charge in [0.15, 0.2) is 0 Å². The number of hydrogen-bond donors (Lipinski definition) is 0. The van der Waals surface area contributed by atoms with Crippen LogP contribution in [-0.2, 0) is 37.9 Å². The van der Waals surface area contributed by atoms with Gasteiger partial charge in [0.1, 0.15) is 0 Å². The maximum Gasteiger partial charge on any atom is 0.0703 e. The molecule has 0 fully saturated rings. The Morgan fingerprint density at radius 1 is 0.406 bits per heavy atom. The van der Waals surface area contributed by atoms with Crippen molar-refractivity contribution in [2.24, 2.45) is 0 Å². The highest BCUT2D eigenvalue weighted by molar-refractivity contribution is 14.1. The fourth-order valence-corrected chi connectivity index (χ4v) is 2.96. The summed E-state index contributed by atoms with van der Waals surface area (Å²) in [4.78, 5) is 0. The minimum absolute atomic E-state index is 0.244. The summed E-state index contributed by atoms with van der Waals surface area (Å²) in [5, 5.41) is 0. The first-order chi connectivity index (χ1) is 15.8. The second-order valence-electron chi connectivity index (χ2n) is 7.31. The normalized spacial score (nSPS) is 11.6. The van der Waals surface area contributed by atoms with Crippen LogP contribution in [-0.4, -0.2) is 110 Å². The molecule has 0 aliphatic heterocycles. The molecule has 0 bridgehead atoms. The van der Waals surface area contributed by atoms with Crippen molar-refractivity contribution >= 4 is 22.6 Å². The first kappa shape index (κ1) is 32.4. The molecule has 0 spiro atoms. The first-order valence-electron chi connectivity index (χ1n) is 12.0. The molecule has 0 rings (SSSR count). The SMILES string of the molecule is CC(C)OCCOCCOCCOCCOCCOCCOCCOCCCCCCI. The molecular weight excluding hydrogens is 531 g/mol. The number of rotatable bonds is 28. The van der Waals surface area contributed by atoms with Gasteiger partial charge in [-0.2, -0.15) is 0 Å². The standard InChI is InChI=1S/C23H47IO8/c1-23(2)32-22-21-31-20-19-30-18-17-29-16-15-28-14-13-27-12-11-26-10-9-25-8-6-4-3-5-7-24/h23H,3-22H2,1-2H3. The largest absolute Gasteiger partial charge is 0.379 e. The molecule has 0 saturated carbocycles. The lowest BCUT2D eigenvalue weighted by Gasteiger charge is -2.09. The molecule has 0 aromatic carbocycles. The zero-order valence-corrected chi connectivity index (χ0v) is 22.5. The van der Waals surface area contributed by atoms with Gasteiger partial charge in [0.2, 0.25) is 0 Å². The van der Waals surface area contributed by atoms with Crippen LogP contribution in [0.1, 0.15) is 39.5 Å².